The van der Waals surface area contributed by atoms with Gasteiger partial charge in [-0.05, 0) is 62.4 Å². The Labute approximate surface area is 369 Å². The van der Waals surface area contributed by atoms with Gasteiger partial charge in [0, 0.05) is 57.2 Å². The van der Waals surface area contributed by atoms with Crippen LogP contribution in [0.3, 0.4) is 0 Å². The number of ether oxygens (including phenoxy) is 2. The van der Waals surface area contributed by atoms with E-state index in [1.165, 1.54) is 6.21 Å². The second-order valence-corrected chi connectivity index (χ2v) is 14.0. The Bertz CT molecular complexity index is 2180. The van der Waals surface area contributed by atoms with E-state index in [-0.39, 0.29) is 107 Å². The standard InChI is InChI=1S/C40H53F6N13O6/c1-2-22-9-14-53-30(36(63)59-29-20-24(40(44,45)46)18-27(34(29)65-16-11-48)57-32(61)8-4-6-13-55-38(51)52)21-25(22)35(62)58-28-19-23(39(41,42)43)17-26(33(28)64-15-10-47)56-31(60)7-3-5-12-54-37(49)50/h14,17-21H,2-13,15-16,47-48H2,1H3,(H,56,60)(H,57,61)(H,58,62)(H,59,63)(H4,49,50,54)(H4,51,52,55). The lowest BCUT2D eigenvalue weighted by molar-refractivity contribution is -0.138. The number of rotatable bonds is 23. The number of alkyl halides is 6. The molecule has 2 aromatic rings. The van der Waals surface area contributed by atoms with Crippen LogP contribution in [0.25, 0.3) is 0 Å². The number of halogens is 6. The van der Waals surface area contributed by atoms with Crippen molar-refractivity contribution < 1.29 is 55.0 Å². The van der Waals surface area contributed by atoms with Crippen molar-refractivity contribution in [2.45, 2.75) is 70.6 Å². The first-order chi connectivity index (χ1) is 30.7. The van der Waals surface area contributed by atoms with Gasteiger partial charge in [-0.25, -0.2) is 0 Å². The van der Waals surface area contributed by atoms with Crippen molar-refractivity contribution in [3.63, 3.8) is 0 Å². The van der Waals surface area contributed by atoms with E-state index < -0.39 is 75.6 Å². The number of nitrogens with one attached hydrogen (secondary N) is 4. The zero-order valence-electron chi connectivity index (χ0n) is 35.4. The lowest BCUT2D eigenvalue weighted by Crippen LogP contribution is -2.23. The van der Waals surface area contributed by atoms with Crippen LogP contribution in [-0.2, 0) is 31.5 Å². The topological polar surface area (TPSA) is 328 Å². The normalized spacial score (nSPS) is 12.7. The van der Waals surface area contributed by atoms with Crippen LogP contribution in [0.15, 0.2) is 62.2 Å². The maximum Gasteiger partial charge on any atom is 0.416 e. The van der Waals surface area contributed by atoms with Crippen molar-refractivity contribution in [1.29, 1.82) is 0 Å². The van der Waals surface area contributed by atoms with Crippen molar-refractivity contribution in [1.82, 2.24) is 0 Å². The molecule has 3 rings (SSSR count). The molecule has 0 saturated carbocycles. The minimum absolute atomic E-state index is 0.0350. The molecule has 0 radical (unpaired) electrons. The number of allylic oxidation sites excluding steroid dienone is 1. The average Bonchev–Trinajstić information content (AvgIpc) is 3.45. The van der Waals surface area contributed by atoms with Gasteiger partial charge in [0.25, 0.3) is 11.8 Å². The molecule has 65 heavy (non-hydrogen) atoms. The summed E-state index contributed by atoms with van der Waals surface area (Å²) in [6.45, 7) is 1.32. The number of aliphatic imine (C=N–C) groups is 3. The molecule has 356 valence electrons. The monoisotopic (exact) mass is 925 g/mol. The maximum atomic E-state index is 14.3. The molecule has 0 saturated heterocycles. The Balaban J connectivity index is 2.04. The minimum Gasteiger partial charge on any atom is -0.488 e. The predicted molar refractivity (Wildman–Crippen MR) is 234 cm³/mol. The number of nitrogens with zero attached hydrogens (tertiary/aromatic N) is 3. The largest absolute Gasteiger partial charge is 0.488 e. The first-order valence-corrected chi connectivity index (χ1v) is 20.1. The van der Waals surface area contributed by atoms with Crippen molar-refractivity contribution in [2.75, 3.05) is 60.7 Å². The van der Waals surface area contributed by atoms with Crippen LogP contribution >= 0.6 is 0 Å². The summed E-state index contributed by atoms with van der Waals surface area (Å²) in [6.07, 6.45) is -6.57. The van der Waals surface area contributed by atoms with Crippen LogP contribution in [-0.4, -0.2) is 81.2 Å². The minimum atomic E-state index is -4.98. The van der Waals surface area contributed by atoms with Crippen molar-refractivity contribution in [2.24, 2.45) is 49.4 Å². The second-order valence-electron chi connectivity index (χ2n) is 14.0. The number of nitrogens with two attached hydrogens (primary N) is 6. The number of anilines is 4. The van der Waals surface area contributed by atoms with Crippen LogP contribution in [0.2, 0.25) is 0 Å². The van der Waals surface area contributed by atoms with Gasteiger partial charge in [0.05, 0.1) is 33.9 Å². The molecular weight excluding hydrogens is 873 g/mol. The molecule has 25 heteroatoms. The number of unbranched alkanes of at least 4 members (excludes halogenated alkanes) is 2. The van der Waals surface area contributed by atoms with Crippen LogP contribution in [0.1, 0.15) is 69.4 Å². The number of amides is 4. The molecule has 2 aromatic carbocycles. The van der Waals surface area contributed by atoms with Crippen LogP contribution in [0.5, 0.6) is 11.5 Å². The third-order valence-electron chi connectivity index (χ3n) is 8.95. The third-order valence-corrected chi connectivity index (χ3v) is 8.95. The van der Waals surface area contributed by atoms with Gasteiger partial charge in [0.2, 0.25) is 11.8 Å². The van der Waals surface area contributed by atoms with E-state index in [0.29, 0.717) is 42.7 Å². The van der Waals surface area contributed by atoms with Gasteiger partial charge in [0.1, 0.15) is 18.9 Å². The predicted octanol–water partition coefficient (Wildman–Crippen LogP) is 3.81. The molecule has 19 nitrogen and oxygen atoms in total. The highest BCUT2D eigenvalue weighted by Crippen LogP contribution is 2.43. The molecule has 0 fully saturated rings. The van der Waals surface area contributed by atoms with Crippen LogP contribution in [0, 0.1) is 0 Å². The van der Waals surface area contributed by atoms with Crippen molar-refractivity contribution in [3.8, 4) is 11.5 Å². The molecule has 0 unspecified atom stereocenters. The molecule has 4 amide bonds. The first-order valence-electron chi connectivity index (χ1n) is 20.1. The highest BCUT2D eigenvalue weighted by atomic mass is 19.4. The van der Waals surface area contributed by atoms with Crippen molar-refractivity contribution >= 4 is 64.5 Å². The van der Waals surface area contributed by atoms with Gasteiger partial charge < -0.3 is 65.1 Å². The lowest BCUT2D eigenvalue weighted by Gasteiger charge is -2.20. The first kappa shape index (κ1) is 52.5. The summed E-state index contributed by atoms with van der Waals surface area (Å²) >= 11 is 0. The van der Waals surface area contributed by atoms with Gasteiger partial charge in [-0.15, -0.1) is 0 Å². The number of guanidine groups is 2. The summed E-state index contributed by atoms with van der Waals surface area (Å²) in [4.78, 5) is 65.5. The second kappa shape index (κ2) is 24.8. The van der Waals surface area contributed by atoms with Gasteiger partial charge in [0.15, 0.2) is 23.4 Å². The van der Waals surface area contributed by atoms with Gasteiger partial charge in [-0.1, -0.05) is 12.5 Å². The van der Waals surface area contributed by atoms with E-state index in [9.17, 15) is 45.5 Å². The number of carbonyl (C=O) groups is 4. The van der Waals surface area contributed by atoms with Gasteiger partial charge >= 0.3 is 12.4 Å². The highest BCUT2D eigenvalue weighted by Gasteiger charge is 2.35. The van der Waals surface area contributed by atoms with E-state index >= 15 is 0 Å². The fourth-order valence-corrected chi connectivity index (χ4v) is 5.93. The van der Waals surface area contributed by atoms with E-state index in [4.69, 9.17) is 43.9 Å². The Morgan fingerprint density at radius 1 is 0.662 bits per heavy atom. The summed E-state index contributed by atoms with van der Waals surface area (Å²) < 4.78 is 96.8. The molecule has 1 aliphatic heterocycles. The SMILES string of the molecule is CCC1=C(C(=O)Nc2cc(C(F)(F)F)cc(NC(=O)CCCCN=C(N)N)c2OCCN)C=C(C(=O)Nc2cc(C(F)(F)F)cc(NC(=O)CCCCN=C(N)N)c2OCCN)N=CC1. The third kappa shape index (κ3) is 17.0. The molecule has 1 aliphatic rings. The molecule has 0 spiro atoms. The number of carbonyl (C=O) groups excluding carboxylic acids is 4. The summed E-state index contributed by atoms with van der Waals surface area (Å²) in [5.74, 6) is -4.62. The number of hydrogen-bond donors (Lipinski definition) is 10. The number of hydrogen-bond acceptors (Lipinski definition) is 11. The van der Waals surface area contributed by atoms with Gasteiger partial charge in [-0.2, -0.15) is 26.3 Å². The maximum absolute atomic E-state index is 14.3. The molecule has 16 N–H and O–H groups in total. The number of benzene rings is 2. The molecule has 0 atom stereocenters. The van der Waals surface area contributed by atoms with E-state index in [1.807, 2.05) is 0 Å². The van der Waals surface area contributed by atoms with E-state index in [1.54, 1.807) is 6.92 Å². The van der Waals surface area contributed by atoms with Crippen LogP contribution in [0.4, 0.5) is 49.1 Å². The summed E-state index contributed by atoms with van der Waals surface area (Å²) in [6, 6.07) is 2.40. The fourth-order valence-electron chi connectivity index (χ4n) is 5.93. The highest BCUT2D eigenvalue weighted by molar-refractivity contribution is 6.12. The van der Waals surface area contributed by atoms with Crippen molar-refractivity contribution in [3.05, 3.63) is 58.3 Å². The smallest absolute Gasteiger partial charge is 0.416 e. The summed E-state index contributed by atoms with van der Waals surface area (Å²) in [5.41, 5.74) is 27.5. The Morgan fingerprint density at radius 2 is 1.08 bits per heavy atom. The van der Waals surface area contributed by atoms with Gasteiger partial charge in [-0.3, -0.25) is 34.2 Å². The zero-order valence-corrected chi connectivity index (χ0v) is 35.4. The summed E-state index contributed by atoms with van der Waals surface area (Å²) in [5, 5.41) is 9.50. The Morgan fingerprint density at radius 3 is 1.46 bits per heavy atom. The summed E-state index contributed by atoms with van der Waals surface area (Å²) in [7, 11) is 0. The van der Waals surface area contributed by atoms with E-state index in [2.05, 4.69) is 36.2 Å². The molecule has 0 aromatic heterocycles. The molecule has 0 bridgehead atoms. The quantitative estimate of drug-likeness (QED) is 0.0329. The zero-order chi connectivity index (χ0) is 48.3. The molecule has 1 heterocycles. The Hall–Kier alpha value is -6.89. The van der Waals surface area contributed by atoms with E-state index in [0.717, 1.165) is 6.08 Å². The Kier molecular flexibility index (Phi) is 20.0. The lowest BCUT2D eigenvalue weighted by atomic mass is 10.0. The average molecular weight is 926 g/mol. The van der Waals surface area contributed by atoms with Crippen LogP contribution < -0.4 is 65.1 Å². The molecule has 0 aliphatic carbocycles. The molecular formula is C40H53F6N13O6. The fraction of sp³-hybridized carbons (Fsp3) is 0.425.